The lowest BCUT2D eigenvalue weighted by atomic mass is 9.97. The second-order valence-electron chi connectivity index (χ2n) is 6.71. The summed E-state index contributed by atoms with van der Waals surface area (Å²) in [6, 6.07) is 7.87. The van der Waals surface area contributed by atoms with E-state index in [4.69, 9.17) is 25.5 Å². The maximum atomic E-state index is 10.8. The summed E-state index contributed by atoms with van der Waals surface area (Å²) in [5, 5.41) is 43.9. The van der Waals surface area contributed by atoms with Gasteiger partial charge in [0.2, 0.25) is 5.76 Å². The molecule has 0 saturated carbocycles. The summed E-state index contributed by atoms with van der Waals surface area (Å²) < 4.78 is 4.32. The highest BCUT2D eigenvalue weighted by molar-refractivity contribution is 5.89. The van der Waals surface area contributed by atoms with E-state index >= 15 is 0 Å². The normalized spacial score (nSPS) is 18.6. The fourth-order valence-electron chi connectivity index (χ4n) is 2.38. The van der Waals surface area contributed by atoms with E-state index in [0.29, 0.717) is 5.92 Å². The van der Waals surface area contributed by atoms with E-state index in [0.717, 1.165) is 12.0 Å². The molecule has 1 aromatic rings. The molecule has 0 fully saturated rings. The Balaban J connectivity index is 0.000000277. The number of ether oxygens (including phenoxy) is 1. The van der Waals surface area contributed by atoms with Crippen LogP contribution >= 0.6 is 0 Å². The molecular weight excluding hydrogens is 356 g/mol. The first-order chi connectivity index (χ1) is 12.6. The molecule has 0 aromatic heterocycles. The van der Waals surface area contributed by atoms with E-state index in [-0.39, 0.29) is 0 Å². The molecule has 0 saturated heterocycles. The van der Waals surface area contributed by atoms with Crippen LogP contribution in [0.15, 0.2) is 35.8 Å². The zero-order valence-electron chi connectivity index (χ0n) is 15.5. The second kappa shape index (κ2) is 9.94. The van der Waals surface area contributed by atoms with Gasteiger partial charge in [0.25, 0.3) is 0 Å². The molecule has 0 radical (unpaired) electrons. The summed E-state index contributed by atoms with van der Waals surface area (Å²) >= 11 is 0. The minimum Gasteiger partial charge on any atom is -0.505 e. The number of esters is 1. The number of hydrogen-bond acceptors (Lipinski definition) is 7. The molecule has 1 heterocycles. The first-order valence-corrected chi connectivity index (χ1v) is 8.52. The topological polar surface area (TPSA) is 145 Å². The van der Waals surface area contributed by atoms with E-state index in [2.05, 4.69) is 18.6 Å². The van der Waals surface area contributed by atoms with Crippen molar-refractivity contribution in [2.45, 2.75) is 45.3 Å². The van der Waals surface area contributed by atoms with Gasteiger partial charge in [0.05, 0.1) is 12.5 Å². The first kappa shape index (κ1) is 22.5. The zero-order chi connectivity index (χ0) is 20.7. The van der Waals surface area contributed by atoms with E-state index in [1.54, 1.807) is 6.92 Å². The van der Waals surface area contributed by atoms with Crippen LogP contribution in [0.1, 0.15) is 37.8 Å². The van der Waals surface area contributed by atoms with Crippen molar-refractivity contribution in [3.8, 4) is 0 Å². The molecule has 0 amide bonds. The van der Waals surface area contributed by atoms with Crippen LogP contribution < -0.4 is 0 Å². The number of rotatable bonds is 6. The van der Waals surface area contributed by atoms with Crippen LogP contribution in [-0.2, 0) is 20.7 Å². The highest BCUT2D eigenvalue weighted by Crippen LogP contribution is 2.21. The Morgan fingerprint density at radius 3 is 2.07 bits per heavy atom. The van der Waals surface area contributed by atoms with E-state index in [1.807, 2.05) is 24.3 Å². The van der Waals surface area contributed by atoms with Crippen LogP contribution in [0.2, 0.25) is 0 Å². The lowest BCUT2D eigenvalue weighted by Crippen LogP contribution is -2.31. The molecule has 27 heavy (non-hydrogen) atoms. The molecule has 1 aliphatic heterocycles. The number of aliphatic hydroxyl groups is 4. The van der Waals surface area contributed by atoms with E-state index in [9.17, 15) is 9.59 Å². The van der Waals surface area contributed by atoms with Crippen molar-refractivity contribution in [2.75, 3.05) is 6.61 Å². The molecule has 1 unspecified atom stereocenters. The fourth-order valence-corrected chi connectivity index (χ4v) is 2.38. The third kappa shape index (κ3) is 6.26. The monoisotopic (exact) mass is 382 g/mol. The van der Waals surface area contributed by atoms with Crippen LogP contribution in [-0.4, -0.2) is 56.3 Å². The number of hydrogen-bond donors (Lipinski definition) is 5. The number of carboxylic acids is 1. The number of carboxylic acid groups (broad SMARTS) is 1. The Hall–Kier alpha value is -2.58. The summed E-state index contributed by atoms with van der Waals surface area (Å²) in [6.45, 7) is 5.39. The summed E-state index contributed by atoms with van der Waals surface area (Å²) in [7, 11) is 0. The van der Waals surface area contributed by atoms with Gasteiger partial charge in [-0.3, -0.25) is 4.79 Å². The molecular formula is C19H26O8. The average molecular weight is 382 g/mol. The highest BCUT2D eigenvalue weighted by atomic mass is 16.6. The summed E-state index contributed by atoms with van der Waals surface area (Å²) in [5.41, 5.74) is 2.14. The maximum Gasteiger partial charge on any atom is 0.377 e. The first-order valence-electron chi connectivity index (χ1n) is 8.52. The largest absolute Gasteiger partial charge is 0.505 e. The van der Waals surface area contributed by atoms with Crippen LogP contribution in [0.25, 0.3) is 0 Å². The number of aliphatic carboxylic acids is 1. The molecule has 0 spiro atoms. The van der Waals surface area contributed by atoms with Gasteiger partial charge in [0, 0.05) is 0 Å². The average Bonchev–Trinajstić information content (AvgIpc) is 2.88. The van der Waals surface area contributed by atoms with Crippen molar-refractivity contribution >= 4 is 11.9 Å². The second-order valence-corrected chi connectivity index (χ2v) is 6.71. The Kier molecular flexibility index (Phi) is 8.27. The van der Waals surface area contributed by atoms with Gasteiger partial charge in [-0.15, -0.1) is 0 Å². The minimum absolute atomic E-state index is 0.418. The number of aliphatic hydroxyl groups excluding tert-OH is 4. The standard InChI is InChI=1S/C13H18O2.C6H8O6/c1-9(2)8-11-4-6-12(7-5-11)10(3)13(14)15;7-1-2(8)5-3(9)4(10)6(11)12-5/h4-7,9-10H,8H2,1-3H3,(H,14,15);2,5,7-10H,1H2/t;2-,5+/m.0/s1. The lowest BCUT2D eigenvalue weighted by Gasteiger charge is -2.13. The van der Waals surface area contributed by atoms with Gasteiger partial charge in [-0.25, -0.2) is 4.79 Å². The Labute approximate surface area is 157 Å². The number of cyclic esters (lactones) is 1. The number of benzene rings is 1. The predicted octanol–water partition coefficient (Wildman–Crippen LogP) is 1.67. The molecule has 1 aromatic carbocycles. The van der Waals surface area contributed by atoms with Crippen molar-refractivity contribution in [1.82, 2.24) is 0 Å². The summed E-state index contributed by atoms with van der Waals surface area (Å²) in [5.74, 6) is -3.34. The predicted molar refractivity (Wildman–Crippen MR) is 96.3 cm³/mol. The van der Waals surface area contributed by atoms with Gasteiger partial charge in [-0.1, -0.05) is 38.1 Å². The molecule has 150 valence electrons. The Bertz CT molecular complexity index is 677. The van der Waals surface area contributed by atoms with Crippen molar-refractivity contribution in [3.63, 3.8) is 0 Å². The SMILES string of the molecule is CC(C)Cc1ccc(C(C)C(=O)O)cc1.O=C1O[C@H]([C@@H](O)CO)C(O)=C1O. The third-order valence-corrected chi connectivity index (χ3v) is 3.97. The Morgan fingerprint density at radius 1 is 1.15 bits per heavy atom. The summed E-state index contributed by atoms with van der Waals surface area (Å²) in [6.07, 6.45) is -1.73. The van der Waals surface area contributed by atoms with Crippen LogP contribution in [0.3, 0.4) is 0 Å². The molecule has 0 bridgehead atoms. The molecule has 0 aliphatic carbocycles. The molecule has 8 nitrogen and oxygen atoms in total. The zero-order valence-corrected chi connectivity index (χ0v) is 15.5. The van der Waals surface area contributed by atoms with Crippen molar-refractivity contribution in [1.29, 1.82) is 0 Å². The van der Waals surface area contributed by atoms with E-state index in [1.165, 1.54) is 5.56 Å². The number of carbonyl (C=O) groups excluding carboxylic acids is 1. The van der Waals surface area contributed by atoms with Gasteiger partial charge in [-0.2, -0.15) is 0 Å². The van der Waals surface area contributed by atoms with Crippen LogP contribution in [0, 0.1) is 5.92 Å². The van der Waals surface area contributed by atoms with Gasteiger partial charge in [-0.05, 0) is 30.4 Å². The number of carbonyl (C=O) groups is 2. The van der Waals surface area contributed by atoms with Gasteiger partial charge < -0.3 is 30.3 Å². The van der Waals surface area contributed by atoms with Gasteiger partial charge >= 0.3 is 11.9 Å². The Morgan fingerprint density at radius 2 is 1.70 bits per heavy atom. The smallest absolute Gasteiger partial charge is 0.377 e. The molecule has 1 aliphatic rings. The third-order valence-electron chi connectivity index (χ3n) is 3.97. The van der Waals surface area contributed by atoms with Crippen molar-refractivity contribution in [3.05, 3.63) is 46.9 Å². The molecule has 8 heteroatoms. The summed E-state index contributed by atoms with van der Waals surface area (Å²) in [4.78, 5) is 21.3. The molecule has 3 atom stereocenters. The fraction of sp³-hybridized carbons (Fsp3) is 0.474. The molecule has 5 N–H and O–H groups in total. The van der Waals surface area contributed by atoms with Gasteiger partial charge in [0.1, 0.15) is 6.10 Å². The molecule has 2 rings (SSSR count). The van der Waals surface area contributed by atoms with Crippen molar-refractivity contribution < 1.29 is 39.9 Å². The van der Waals surface area contributed by atoms with Gasteiger partial charge in [0.15, 0.2) is 11.9 Å². The maximum absolute atomic E-state index is 10.8. The van der Waals surface area contributed by atoms with Crippen LogP contribution in [0.5, 0.6) is 0 Å². The van der Waals surface area contributed by atoms with Crippen molar-refractivity contribution in [2.24, 2.45) is 5.92 Å². The highest BCUT2D eigenvalue weighted by Gasteiger charge is 2.38. The lowest BCUT2D eigenvalue weighted by molar-refractivity contribution is -0.147. The minimum atomic E-state index is -1.42. The quantitative estimate of drug-likeness (QED) is 0.467. The van der Waals surface area contributed by atoms with Crippen LogP contribution in [0.4, 0.5) is 0 Å². The van der Waals surface area contributed by atoms with E-state index < -0.39 is 48.2 Å².